The number of nitrogens with one attached hydrogen (secondary N) is 2. The van der Waals surface area contributed by atoms with Crippen molar-refractivity contribution in [2.75, 3.05) is 30.3 Å². The van der Waals surface area contributed by atoms with Crippen molar-refractivity contribution in [2.45, 2.75) is 49.9 Å². The Morgan fingerprint density at radius 1 is 1.28 bits per heavy atom. The van der Waals surface area contributed by atoms with Gasteiger partial charge in [0.2, 0.25) is 6.10 Å². The van der Waals surface area contributed by atoms with Crippen LogP contribution in [-0.4, -0.2) is 95.5 Å². The van der Waals surface area contributed by atoms with Crippen LogP contribution in [0.4, 0.5) is 11.1 Å². The van der Waals surface area contributed by atoms with E-state index in [1.54, 1.807) is 6.20 Å². The lowest BCUT2D eigenvalue weighted by atomic mass is 10.0. The lowest BCUT2D eigenvalue weighted by Crippen LogP contribution is -2.71. The number of carbonyl (C=O) groups excluding carboxylic acids is 2. The molecule has 0 saturated carbocycles. The number of nitrogens with two attached hydrogens (primary N) is 2. The molecule has 2 saturated heterocycles. The number of piperidine rings is 1. The van der Waals surface area contributed by atoms with Gasteiger partial charge in [-0.1, -0.05) is 28.1 Å². The number of aromatic nitrogens is 4. The summed E-state index contributed by atoms with van der Waals surface area (Å²) in [6, 6.07) is 2.84. The average molecular weight is 706 g/mol. The van der Waals surface area contributed by atoms with Crippen molar-refractivity contribution < 1.29 is 38.8 Å². The molecule has 2 amide bonds. The van der Waals surface area contributed by atoms with Crippen LogP contribution < -0.4 is 26.7 Å². The fourth-order valence-corrected chi connectivity index (χ4v) is 8.02. The number of β-lactam (4-membered cyclic amide) rings is 1. The molecule has 47 heavy (non-hydrogen) atoms. The van der Waals surface area contributed by atoms with Gasteiger partial charge in [-0.25, -0.2) is 19.1 Å². The van der Waals surface area contributed by atoms with Crippen molar-refractivity contribution in [1.82, 2.24) is 30.1 Å². The lowest BCUT2D eigenvalue weighted by molar-refractivity contribution is -0.664. The highest BCUT2D eigenvalue weighted by molar-refractivity contribution is 8.00. The summed E-state index contributed by atoms with van der Waals surface area (Å²) < 4.78 is 3.83. The molecule has 3 aliphatic heterocycles. The molecule has 8 N–H and O–H groups in total. The minimum atomic E-state index is -1.41. The second-order valence-electron chi connectivity index (χ2n) is 11.0. The maximum Gasteiger partial charge on any atom is 0.352 e. The van der Waals surface area contributed by atoms with E-state index >= 15 is 0 Å². The molecule has 248 valence electrons. The molecule has 3 aliphatic rings. The van der Waals surface area contributed by atoms with Crippen LogP contribution in [0.15, 0.2) is 34.8 Å². The van der Waals surface area contributed by atoms with Gasteiger partial charge in [0.1, 0.15) is 39.2 Å². The average Bonchev–Trinajstić information content (AvgIpc) is 3.56. The third kappa shape index (κ3) is 6.06. The first-order valence-electron chi connectivity index (χ1n) is 14.4. The molecule has 2 fully saturated rings. The van der Waals surface area contributed by atoms with E-state index in [2.05, 4.69) is 25.8 Å². The topological polar surface area (TPSA) is 244 Å². The highest BCUT2D eigenvalue weighted by Gasteiger charge is 2.54. The highest BCUT2D eigenvalue weighted by Crippen LogP contribution is 2.40. The summed E-state index contributed by atoms with van der Waals surface area (Å²) in [4.78, 5) is 65.3. The number of thiazole rings is 1. The minimum absolute atomic E-state index is 0.00724. The van der Waals surface area contributed by atoms with E-state index in [9.17, 15) is 24.3 Å². The summed E-state index contributed by atoms with van der Waals surface area (Å²) in [5, 5.41) is 28.2. The van der Waals surface area contributed by atoms with Crippen molar-refractivity contribution in [1.29, 1.82) is 0 Å². The molecule has 3 aromatic rings. The normalized spacial score (nSPS) is 20.9. The van der Waals surface area contributed by atoms with E-state index in [4.69, 9.17) is 33.0 Å². The van der Waals surface area contributed by atoms with E-state index in [1.807, 2.05) is 21.3 Å². The predicted octanol–water partition coefficient (Wildman–Crippen LogP) is 0.155. The van der Waals surface area contributed by atoms with Gasteiger partial charge >= 0.3 is 23.5 Å². The molecule has 20 heteroatoms. The summed E-state index contributed by atoms with van der Waals surface area (Å²) in [7, 11) is 0. The van der Waals surface area contributed by atoms with Crippen molar-refractivity contribution in [3.63, 3.8) is 0 Å². The Balaban J connectivity index is 1.24. The summed E-state index contributed by atoms with van der Waals surface area (Å²) >= 11 is 8.32. The van der Waals surface area contributed by atoms with E-state index in [0.717, 1.165) is 47.7 Å². The largest absolute Gasteiger partial charge is 0.478 e. The van der Waals surface area contributed by atoms with Gasteiger partial charge in [-0.15, -0.1) is 11.8 Å². The van der Waals surface area contributed by atoms with Crippen molar-refractivity contribution >= 4 is 86.4 Å². The number of carboxylic acids is 2. The van der Waals surface area contributed by atoms with Crippen molar-refractivity contribution in [3.05, 3.63) is 39.6 Å². The Morgan fingerprint density at radius 3 is 2.68 bits per heavy atom. The van der Waals surface area contributed by atoms with Crippen LogP contribution in [0.1, 0.15) is 31.5 Å². The zero-order chi connectivity index (χ0) is 33.6. The Bertz CT molecular complexity index is 1850. The van der Waals surface area contributed by atoms with Gasteiger partial charge in [0.15, 0.2) is 10.8 Å². The highest BCUT2D eigenvalue weighted by atomic mass is 35.5. The Morgan fingerprint density at radius 2 is 2.02 bits per heavy atom. The molecule has 2 unspecified atom stereocenters. The zero-order valence-corrected chi connectivity index (χ0v) is 27.1. The number of oxime groups is 1. The Kier molecular flexibility index (Phi) is 8.97. The van der Waals surface area contributed by atoms with Crippen molar-refractivity contribution in [2.24, 2.45) is 5.16 Å². The number of anilines is 2. The standard InChI is InChI=1S/C27H29ClN10O7S2/c1-11(24(41)42)45-35-16(15-19(28)47-27(30)33-15)21(39)32-17-22(40)38-18(25(43)44)12(10-46-23(17)38)9-36-8-2-3-14-20(36)34-26(29)37(14)13-4-6-31-7-5-13/h2-3,8,11,13,17,23,29,31H,4-7,9-10H2,1H3,(H5,30,32,33,39,41,42,43,44)/p+1/b35-16-/t11-,17?,23?/m0/s1. The number of halogens is 1. The monoisotopic (exact) mass is 705 g/mol. The lowest BCUT2D eigenvalue weighted by Gasteiger charge is -2.49. The minimum Gasteiger partial charge on any atom is -0.478 e. The van der Waals surface area contributed by atoms with Crippen LogP contribution in [-0.2, 0) is 30.6 Å². The maximum absolute atomic E-state index is 13.4. The third-order valence-corrected chi connectivity index (χ3v) is 10.4. The number of hydrogen-bond acceptors (Lipinski definition) is 13. The predicted molar refractivity (Wildman–Crippen MR) is 171 cm³/mol. The summed E-state index contributed by atoms with van der Waals surface area (Å²) in [5.41, 5.74) is 13.2. The summed E-state index contributed by atoms with van der Waals surface area (Å²) in [5.74, 6) is -3.61. The number of nitrogens with zero attached hydrogens (tertiary/aromatic N) is 6. The SMILES string of the molecule is C[C@H](O/N=C(\C(=O)NC1C(=O)N2C(C(=O)O)=C(C[n+]3cccc4c3nc(N)n4C3CCNCC3)CSC12)c1nc(N)sc1Cl)C(=O)O. The molecular formula is C27H30ClN10O7S2+. The molecule has 17 nitrogen and oxygen atoms in total. The van der Waals surface area contributed by atoms with Crippen LogP contribution in [0, 0.1) is 0 Å². The van der Waals surface area contributed by atoms with E-state index < -0.39 is 47.0 Å². The number of fused-ring (bicyclic) bond motifs is 2. The molecule has 0 bridgehead atoms. The maximum atomic E-state index is 13.4. The molecule has 0 aromatic carbocycles. The number of carbonyl (C=O) groups is 4. The first-order valence-corrected chi connectivity index (χ1v) is 16.7. The number of imidazole rings is 1. The number of pyridine rings is 1. The fourth-order valence-electron chi connectivity index (χ4n) is 5.75. The van der Waals surface area contributed by atoms with Crippen LogP contribution in [0.5, 0.6) is 0 Å². The number of rotatable bonds is 10. The number of aliphatic carboxylic acids is 2. The summed E-state index contributed by atoms with van der Waals surface area (Å²) in [6.45, 7) is 3.08. The molecule has 6 rings (SSSR count). The molecule has 0 aliphatic carbocycles. The zero-order valence-electron chi connectivity index (χ0n) is 24.8. The smallest absolute Gasteiger partial charge is 0.352 e. The molecular weight excluding hydrogens is 676 g/mol. The Hall–Kier alpha value is -4.46. The molecule has 0 spiro atoms. The first kappa shape index (κ1) is 32.5. The third-order valence-electron chi connectivity index (χ3n) is 8.01. The van der Waals surface area contributed by atoms with Crippen LogP contribution in [0.2, 0.25) is 4.34 Å². The Labute approximate surface area is 279 Å². The summed E-state index contributed by atoms with van der Waals surface area (Å²) in [6.07, 6.45) is 2.18. The van der Waals surface area contributed by atoms with Crippen LogP contribution in [0.25, 0.3) is 11.2 Å². The molecule has 0 radical (unpaired) electrons. The van der Waals surface area contributed by atoms with Gasteiger partial charge in [-0.2, -0.15) is 0 Å². The molecule has 6 heterocycles. The number of amides is 2. The van der Waals surface area contributed by atoms with Crippen LogP contribution >= 0.6 is 34.7 Å². The number of hydrogen-bond donors (Lipinski definition) is 6. The van der Waals surface area contributed by atoms with E-state index in [-0.39, 0.29) is 39.2 Å². The molecule has 3 atom stereocenters. The number of nitrogen functional groups attached to an aromatic ring is 2. The van der Waals surface area contributed by atoms with Gasteiger partial charge < -0.3 is 37.2 Å². The van der Waals surface area contributed by atoms with Crippen LogP contribution in [0.3, 0.4) is 0 Å². The quantitative estimate of drug-likeness (QED) is 0.0713. The first-order chi connectivity index (χ1) is 22.5. The number of carboxylic acid groups (broad SMARTS) is 2. The van der Waals surface area contributed by atoms with E-state index in [1.165, 1.54) is 18.7 Å². The van der Waals surface area contributed by atoms with Gasteiger partial charge in [0.05, 0.1) is 6.20 Å². The van der Waals surface area contributed by atoms with Gasteiger partial charge in [0, 0.05) is 17.4 Å². The van der Waals surface area contributed by atoms with Gasteiger partial charge in [-0.05, 0) is 50.0 Å². The van der Waals surface area contributed by atoms with Gasteiger partial charge in [0.25, 0.3) is 11.8 Å². The second-order valence-corrected chi connectivity index (χ2v) is 13.7. The fraction of sp³-hybridized carbons (Fsp3) is 0.407. The van der Waals surface area contributed by atoms with Gasteiger partial charge in [-0.3, -0.25) is 19.1 Å². The molecule has 3 aromatic heterocycles. The number of thioether (sulfide) groups is 1. The van der Waals surface area contributed by atoms with Crippen molar-refractivity contribution in [3.8, 4) is 0 Å². The second kappa shape index (κ2) is 13.0. The van der Waals surface area contributed by atoms with E-state index in [0.29, 0.717) is 17.2 Å².